The minimum Gasteiger partial charge on any atom is -0.377 e. The van der Waals surface area contributed by atoms with Crippen LogP contribution in [0.15, 0.2) is 12.1 Å². The molecule has 116 valence electrons. The smallest absolute Gasteiger partial charge is 0.254 e. The van der Waals surface area contributed by atoms with Gasteiger partial charge in [0.1, 0.15) is 17.4 Å². The molecular formula is C15H21ClN2O3. The summed E-state index contributed by atoms with van der Waals surface area (Å²) in [5, 5.41) is 0.357. The molecule has 0 spiro atoms. The van der Waals surface area contributed by atoms with Gasteiger partial charge in [-0.05, 0) is 18.6 Å². The Hall–Kier alpha value is -1.17. The highest BCUT2D eigenvalue weighted by Gasteiger charge is 2.35. The normalized spacial score (nSPS) is 21.8. The zero-order chi connectivity index (χ0) is 15.4. The van der Waals surface area contributed by atoms with E-state index >= 15 is 0 Å². The van der Waals surface area contributed by atoms with Crippen LogP contribution in [0.25, 0.3) is 0 Å². The van der Waals surface area contributed by atoms with E-state index in [0.29, 0.717) is 23.8 Å². The lowest BCUT2D eigenvalue weighted by molar-refractivity contribution is -0.00461. The maximum absolute atomic E-state index is 12.6. The molecule has 0 aromatic carbocycles. The predicted molar refractivity (Wildman–Crippen MR) is 80.7 cm³/mol. The van der Waals surface area contributed by atoms with Crippen LogP contribution < -0.4 is 0 Å². The Morgan fingerprint density at radius 3 is 2.48 bits per heavy atom. The molecule has 1 aliphatic rings. The van der Waals surface area contributed by atoms with E-state index in [0.717, 1.165) is 18.5 Å². The van der Waals surface area contributed by atoms with Crippen molar-refractivity contribution in [3.05, 3.63) is 28.5 Å². The number of pyridine rings is 1. The topological polar surface area (TPSA) is 51.7 Å². The summed E-state index contributed by atoms with van der Waals surface area (Å²) in [4.78, 5) is 18.6. The van der Waals surface area contributed by atoms with Crippen LogP contribution in [0.3, 0.4) is 0 Å². The molecule has 0 N–H and O–H groups in total. The molecule has 2 atom stereocenters. The zero-order valence-corrected chi connectivity index (χ0v) is 13.4. The molecule has 1 aromatic rings. The van der Waals surface area contributed by atoms with Crippen molar-refractivity contribution in [1.82, 2.24) is 9.88 Å². The second-order valence-corrected chi connectivity index (χ2v) is 5.57. The van der Waals surface area contributed by atoms with Crippen LogP contribution in [-0.2, 0) is 15.9 Å². The Morgan fingerprint density at radius 2 is 1.95 bits per heavy atom. The number of nitrogens with zero attached hydrogens (tertiary/aromatic N) is 2. The van der Waals surface area contributed by atoms with E-state index in [4.69, 9.17) is 21.1 Å². The van der Waals surface area contributed by atoms with E-state index < -0.39 is 0 Å². The van der Waals surface area contributed by atoms with Crippen molar-refractivity contribution >= 4 is 17.5 Å². The van der Waals surface area contributed by atoms with Crippen LogP contribution in [0.2, 0.25) is 5.15 Å². The van der Waals surface area contributed by atoms with Gasteiger partial charge >= 0.3 is 0 Å². The Morgan fingerprint density at radius 1 is 1.33 bits per heavy atom. The minimum absolute atomic E-state index is 0.0572. The number of rotatable bonds is 5. The maximum Gasteiger partial charge on any atom is 0.254 e. The Balaban J connectivity index is 2.17. The summed E-state index contributed by atoms with van der Waals surface area (Å²) in [7, 11) is 3.26. The first kappa shape index (κ1) is 16.2. The lowest BCUT2D eigenvalue weighted by Gasteiger charge is -2.16. The maximum atomic E-state index is 12.6. The highest BCUT2D eigenvalue weighted by molar-refractivity contribution is 6.29. The highest BCUT2D eigenvalue weighted by Crippen LogP contribution is 2.20. The van der Waals surface area contributed by atoms with Gasteiger partial charge in [-0.25, -0.2) is 4.98 Å². The van der Waals surface area contributed by atoms with Gasteiger partial charge in [0, 0.05) is 38.6 Å². The van der Waals surface area contributed by atoms with Crippen LogP contribution in [0.1, 0.15) is 29.4 Å². The van der Waals surface area contributed by atoms with Gasteiger partial charge in [0.15, 0.2) is 0 Å². The second kappa shape index (κ2) is 7.20. The van der Waals surface area contributed by atoms with Gasteiger partial charge in [-0.3, -0.25) is 4.79 Å². The first-order chi connectivity index (χ1) is 10.1. The molecule has 2 heterocycles. The molecule has 2 rings (SSSR count). The number of likely N-dealkylation sites (tertiary alicyclic amines) is 1. The van der Waals surface area contributed by atoms with Crippen LogP contribution in [0.5, 0.6) is 0 Å². The number of aryl methyl sites for hydroxylation is 1. The third kappa shape index (κ3) is 3.73. The minimum atomic E-state index is -0.0913. The molecule has 0 saturated carbocycles. The predicted octanol–water partition coefficient (Wildman–Crippen LogP) is 2.17. The van der Waals surface area contributed by atoms with Gasteiger partial charge in [0.05, 0.1) is 0 Å². The number of hydrogen-bond acceptors (Lipinski definition) is 4. The summed E-state index contributed by atoms with van der Waals surface area (Å²) in [6, 6.07) is 3.44. The SMILES string of the molecule is CCCc1cc(C(=O)N2CC(OC)C(OC)C2)cc(Cl)n1. The van der Waals surface area contributed by atoms with Crippen molar-refractivity contribution in [2.75, 3.05) is 27.3 Å². The molecule has 1 saturated heterocycles. The Kier molecular flexibility index (Phi) is 5.56. The van der Waals surface area contributed by atoms with Gasteiger partial charge in [-0.15, -0.1) is 0 Å². The standard InChI is InChI=1S/C15H21ClN2O3/c1-4-5-11-6-10(7-14(16)17-11)15(19)18-8-12(20-2)13(9-18)21-3/h6-7,12-13H,4-5,8-9H2,1-3H3. The van der Waals surface area contributed by atoms with E-state index in [-0.39, 0.29) is 18.1 Å². The quantitative estimate of drug-likeness (QED) is 0.782. The summed E-state index contributed by atoms with van der Waals surface area (Å²) >= 11 is 6.02. The summed E-state index contributed by atoms with van der Waals surface area (Å²) in [6.07, 6.45) is 1.59. The van der Waals surface area contributed by atoms with E-state index in [2.05, 4.69) is 11.9 Å². The number of ether oxygens (including phenoxy) is 2. The largest absolute Gasteiger partial charge is 0.377 e. The van der Waals surface area contributed by atoms with Crippen molar-refractivity contribution in [3.8, 4) is 0 Å². The fraction of sp³-hybridized carbons (Fsp3) is 0.600. The van der Waals surface area contributed by atoms with Crippen molar-refractivity contribution in [3.63, 3.8) is 0 Å². The fourth-order valence-electron chi connectivity index (χ4n) is 2.60. The number of hydrogen-bond donors (Lipinski definition) is 0. The molecule has 0 aliphatic carbocycles. The highest BCUT2D eigenvalue weighted by atomic mass is 35.5. The summed E-state index contributed by atoms with van der Waals surface area (Å²) in [5.41, 5.74) is 1.42. The molecule has 21 heavy (non-hydrogen) atoms. The zero-order valence-electron chi connectivity index (χ0n) is 12.6. The van der Waals surface area contributed by atoms with E-state index in [1.165, 1.54) is 0 Å². The van der Waals surface area contributed by atoms with Crippen LogP contribution in [0, 0.1) is 0 Å². The first-order valence-corrected chi connectivity index (χ1v) is 7.48. The number of carbonyl (C=O) groups is 1. The van der Waals surface area contributed by atoms with Crippen LogP contribution >= 0.6 is 11.6 Å². The molecule has 0 bridgehead atoms. The molecule has 1 fully saturated rings. The van der Waals surface area contributed by atoms with E-state index in [1.807, 2.05) is 6.07 Å². The van der Waals surface area contributed by atoms with Gasteiger partial charge in [0.2, 0.25) is 0 Å². The lowest BCUT2D eigenvalue weighted by atomic mass is 10.1. The molecule has 5 nitrogen and oxygen atoms in total. The van der Waals surface area contributed by atoms with Gasteiger partial charge in [0.25, 0.3) is 5.91 Å². The Bertz CT molecular complexity index is 498. The Labute approximate surface area is 130 Å². The van der Waals surface area contributed by atoms with Crippen molar-refractivity contribution in [1.29, 1.82) is 0 Å². The van der Waals surface area contributed by atoms with E-state index in [1.54, 1.807) is 25.2 Å². The molecule has 1 amide bonds. The average Bonchev–Trinajstić information content (AvgIpc) is 2.89. The van der Waals surface area contributed by atoms with Crippen molar-refractivity contribution in [2.24, 2.45) is 0 Å². The molecular weight excluding hydrogens is 292 g/mol. The third-order valence-corrected chi connectivity index (χ3v) is 3.90. The molecule has 1 aliphatic heterocycles. The molecule has 2 unspecified atom stereocenters. The summed E-state index contributed by atoms with van der Waals surface area (Å²) in [5.74, 6) is -0.0572. The van der Waals surface area contributed by atoms with Gasteiger partial charge in [-0.1, -0.05) is 24.9 Å². The molecule has 6 heteroatoms. The number of carbonyl (C=O) groups excluding carboxylic acids is 1. The number of halogens is 1. The number of aromatic nitrogens is 1. The monoisotopic (exact) mass is 312 g/mol. The summed E-state index contributed by atoms with van der Waals surface area (Å²) < 4.78 is 10.7. The van der Waals surface area contributed by atoms with Crippen LogP contribution in [-0.4, -0.2) is 55.3 Å². The lowest BCUT2D eigenvalue weighted by Crippen LogP contribution is -2.30. The number of methoxy groups -OCH3 is 2. The third-order valence-electron chi connectivity index (χ3n) is 3.71. The van der Waals surface area contributed by atoms with Crippen molar-refractivity contribution < 1.29 is 14.3 Å². The molecule has 0 radical (unpaired) electrons. The number of amides is 1. The average molecular weight is 313 g/mol. The second-order valence-electron chi connectivity index (χ2n) is 5.18. The first-order valence-electron chi connectivity index (χ1n) is 7.10. The van der Waals surface area contributed by atoms with E-state index in [9.17, 15) is 4.79 Å². The van der Waals surface area contributed by atoms with Crippen LogP contribution in [0.4, 0.5) is 0 Å². The fourth-order valence-corrected chi connectivity index (χ4v) is 2.83. The van der Waals surface area contributed by atoms with Gasteiger partial charge < -0.3 is 14.4 Å². The summed E-state index contributed by atoms with van der Waals surface area (Å²) in [6.45, 7) is 3.12. The van der Waals surface area contributed by atoms with Crippen molar-refractivity contribution in [2.45, 2.75) is 32.0 Å². The van der Waals surface area contributed by atoms with Gasteiger partial charge in [-0.2, -0.15) is 0 Å². The molecule has 1 aromatic heterocycles.